The quantitative estimate of drug-likeness (QED) is 0.514. The summed E-state index contributed by atoms with van der Waals surface area (Å²) in [5, 5.41) is 10.0. The average molecular weight is 392 g/mol. The molecule has 0 aliphatic heterocycles. The van der Waals surface area contributed by atoms with Gasteiger partial charge < -0.3 is 9.64 Å². The van der Waals surface area contributed by atoms with Crippen LogP contribution in [-0.4, -0.2) is 37.1 Å². The molecule has 0 aliphatic carbocycles. The zero-order chi connectivity index (χ0) is 19.9. The largest absolute Gasteiger partial charge is 0.492 e. The van der Waals surface area contributed by atoms with E-state index in [1.54, 1.807) is 6.20 Å². The first-order valence-corrected chi connectivity index (χ1v) is 9.50. The lowest BCUT2D eigenvalue weighted by Gasteiger charge is -2.14. The van der Waals surface area contributed by atoms with Crippen LogP contribution in [0.4, 0.5) is 0 Å². The predicted molar refractivity (Wildman–Crippen MR) is 114 cm³/mol. The highest BCUT2D eigenvalue weighted by Gasteiger charge is 2.13. The van der Waals surface area contributed by atoms with E-state index in [0.29, 0.717) is 22.9 Å². The number of nitrogens with zero attached hydrogens (tertiary/aromatic N) is 3. The first-order valence-electron chi connectivity index (χ1n) is 9.12. The van der Waals surface area contributed by atoms with Crippen LogP contribution in [0.3, 0.4) is 0 Å². The third kappa shape index (κ3) is 4.69. The number of pyridine rings is 1. The van der Waals surface area contributed by atoms with Gasteiger partial charge in [0, 0.05) is 29.4 Å². The van der Waals surface area contributed by atoms with Crippen molar-refractivity contribution >= 4 is 11.6 Å². The minimum atomic E-state index is 0.573. The van der Waals surface area contributed by atoms with Crippen LogP contribution in [0.15, 0.2) is 60.8 Å². The smallest absolute Gasteiger partial charge is 0.138 e. The maximum absolute atomic E-state index is 9.47. The summed E-state index contributed by atoms with van der Waals surface area (Å²) in [5.41, 5.74) is 4.07. The van der Waals surface area contributed by atoms with Crippen LogP contribution in [0.5, 0.6) is 5.75 Å². The van der Waals surface area contributed by atoms with Gasteiger partial charge in [0.15, 0.2) is 0 Å². The van der Waals surface area contributed by atoms with Gasteiger partial charge in [-0.3, -0.25) is 4.98 Å². The molecule has 0 N–H and O–H groups in total. The van der Waals surface area contributed by atoms with Gasteiger partial charge in [-0.1, -0.05) is 41.9 Å². The molecule has 3 aromatic rings. The maximum Gasteiger partial charge on any atom is 0.138 e. The number of benzene rings is 2. The molecule has 0 unspecified atom stereocenters. The van der Waals surface area contributed by atoms with E-state index >= 15 is 0 Å². The summed E-state index contributed by atoms with van der Waals surface area (Å²) in [5.74, 6) is 0.642. The zero-order valence-corrected chi connectivity index (χ0v) is 16.8. The number of ether oxygens (including phenoxy) is 1. The van der Waals surface area contributed by atoms with Crippen molar-refractivity contribution < 1.29 is 4.74 Å². The van der Waals surface area contributed by atoms with E-state index < -0.39 is 0 Å². The molecule has 2 aromatic carbocycles. The van der Waals surface area contributed by atoms with Gasteiger partial charge in [0.25, 0.3) is 0 Å². The predicted octanol–water partition coefficient (Wildman–Crippen LogP) is 5.27. The second-order valence-corrected chi connectivity index (χ2v) is 7.11. The molecular formula is C23H22ClN3O. The number of nitriles is 1. The molecule has 0 spiro atoms. The van der Waals surface area contributed by atoms with Crippen LogP contribution in [-0.2, 0) is 0 Å². The van der Waals surface area contributed by atoms with E-state index in [4.69, 9.17) is 16.3 Å². The van der Waals surface area contributed by atoms with E-state index in [-0.39, 0.29) is 0 Å². The summed E-state index contributed by atoms with van der Waals surface area (Å²) in [6, 6.07) is 19.3. The van der Waals surface area contributed by atoms with Crippen LogP contribution >= 0.6 is 11.6 Å². The Morgan fingerprint density at radius 1 is 1.07 bits per heavy atom. The van der Waals surface area contributed by atoms with Crippen LogP contribution in [0.25, 0.3) is 22.4 Å². The van der Waals surface area contributed by atoms with Crippen LogP contribution < -0.4 is 4.74 Å². The minimum absolute atomic E-state index is 0.573. The van der Waals surface area contributed by atoms with Crippen molar-refractivity contribution in [2.24, 2.45) is 0 Å². The number of rotatable bonds is 7. The molecule has 1 heterocycles. The van der Waals surface area contributed by atoms with Crippen molar-refractivity contribution in [2.45, 2.75) is 6.42 Å². The summed E-state index contributed by atoms with van der Waals surface area (Å²) in [6.45, 7) is 1.54. The second-order valence-electron chi connectivity index (χ2n) is 6.71. The Bertz CT molecular complexity index is 995. The van der Waals surface area contributed by atoms with Gasteiger partial charge >= 0.3 is 0 Å². The topological polar surface area (TPSA) is 49.1 Å². The Morgan fingerprint density at radius 3 is 2.64 bits per heavy atom. The first kappa shape index (κ1) is 19.9. The molecule has 0 saturated heterocycles. The van der Waals surface area contributed by atoms with Crippen LogP contribution in [0.2, 0.25) is 5.02 Å². The molecule has 0 saturated carbocycles. The van der Waals surface area contributed by atoms with E-state index in [9.17, 15) is 5.26 Å². The number of hydrogen-bond donors (Lipinski definition) is 0. The van der Waals surface area contributed by atoms with E-state index in [0.717, 1.165) is 35.3 Å². The summed E-state index contributed by atoms with van der Waals surface area (Å²) in [6.07, 6.45) is 2.66. The molecule has 0 radical (unpaired) electrons. The Morgan fingerprint density at radius 2 is 1.86 bits per heavy atom. The van der Waals surface area contributed by atoms with Gasteiger partial charge in [0.05, 0.1) is 29.0 Å². The lowest BCUT2D eigenvalue weighted by atomic mass is 9.96. The minimum Gasteiger partial charge on any atom is -0.492 e. The Balaban J connectivity index is 1.95. The normalized spacial score (nSPS) is 10.7. The summed E-state index contributed by atoms with van der Waals surface area (Å²) in [7, 11) is 4.07. The SMILES string of the molecule is CN(C)CCCOc1cc(-c2ncccc2-c2ccccc2C#N)ccc1Cl. The van der Waals surface area contributed by atoms with Crippen molar-refractivity contribution in [1.82, 2.24) is 9.88 Å². The van der Waals surface area contributed by atoms with Gasteiger partial charge in [0.1, 0.15) is 5.75 Å². The standard InChI is InChI=1S/C23H22ClN3O/c1-27(2)13-6-14-28-22-15-17(10-11-21(22)24)23-20(9-5-12-26-23)19-8-4-3-7-18(19)16-25/h3-5,7-12,15H,6,13-14H2,1-2H3. The molecule has 0 bridgehead atoms. The highest BCUT2D eigenvalue weighted by molar-refractivity contribution is 6.32. The molecule has 1 aromatic heterocycles. The Hall–Kier alpha value is -2.87. The van der Waals surface area contributed by atoms with Gasteiger partial charge in [-0.05, 0) is 44.8 Å². The van der Waals surface area contributed by atoms with Crippen molar-refractivity contribution in [2.75, 3.05) is 27.2 Å². The highest BCUT2D eigenvalue weighted by atomic mass is 35.5. The Labute approximate surface area is 171 Å². The Kier molecular flexibility index (Phi) is 6.65. The second kappa shape index (κ2) is 9.36. The molecule has 3 rings (SSSR count). The summed E-state index contributed by atoms with van der Waals surface area (Å²) in [4.78, 5) is 6.70. The third-order valence-electron chi connectivity index (χ3n) is 4.36. The maximum atomic E-state index is 9.47. The molecule has 0 aliphatic rings. The monoisotopic (exact) mass is 391 g/mol. The molecule has 28 heavy (non-hydrogen) atoms. The van der Waals surface area contributed by atoms with Crippen LogP contribution in [0, 0.1) is 11.3 Å². The molecular weight excluding hydrogens is 370 g/mol. The molecule has 142 valence electrons. The molecule has 5 heteroatoms. The van der Waals surface area contributed by atoms with Crippen molar-refractivity contribution in [3.8, 4) is 34.2 Å². The summed E-state index contributed by atoms with van der Waals surface area (Å²) < 4.78 is 5.90. The fourth-order valence-corrected chi connectivity index (χ4v) is 3.16. The first-order chi connectivity index (χ1) is 13.6. The zero-order valence-electron chi connectivity index (χ0n) is 16.0. The average Bonchev–Trinajstić information content (AvgIpc) is 2.72. The number of halogens is 1. The van der Waals surface area contributed by atoms with E-state index in [1.165, 1.54) is 0 Å². The van der Waals surface area contributed by atoms with E-state index in [2.05, 4.69) is 16.0 Å². The van der Waals surface area contributed by atoms with Crippen molar-refractivity contribution in [1.29, 1.82) is 5.26 Å². The van der Waals surface area contributed by atoms with Crippen molar-refractivity contribution in [3.63, 3.8) is 0 Å². The lowest BCUT2D eigenvalue weighted by Crippen LogP contribution is -2.15. The van der Waals surface area contributed by atoms with Gasteiger partial charge in [-0.2, -0.15) is 5.26 Å². The van der Waals surface area contributed by atoms with Crippen molar-refractivity contribution in [3.05, 3.63) is 71.4 Å². The third-order valence-corrected chi connectivity index (χ3v) is 4.67. The summed E-state index contributed by atoms with van der Waals surface area (Å²) >= 11 is 6.33. The molecule has 4 nitrogen and oxygen atoms in total. The molecule has 0 amide bonds. The molecule has 0 fully saturated rings. The lowest BCUT2D eigenvalue weighted by molar-refractivity contribution is 0.282. The van der Waals surface area contributed by atoms with E-state index in [1.807, 2.05) is 68.7 Å². The van der Waals surface area contributed by atoms with Crippen LogP contribution in [0.1, 0.15) is 12.0 Å². The van der Waals surface area contributed by atoms with Gasteiger partial charge in [0.2, 0.25) is 0 Å². The fraction of sp³-hybridized carbons (Fsp3) is 0.217. The van der Waals surface area contributed by atoms with Gasteiger partial charge in [-0.25, -0.2) is 0 Å². The number of aromatic nitrogens is 1. The molecule has 0 atom stereocenters. The number of hydrogen-bond acceptors (Lipinski definition) is 4. The fourth-order valence-electron chi connectivity index (χ4n) is 2.99. The van der Waals surface area contributed by atoms with Gasteiger partial charge in [-0.15, -0.1) is 0 Å². The highest BCUT2D eigenvalue weighted by Crippen LogP contribution is 2.35.